The minimum atomic E-state index is -4.18. The monoisotopic (exact) mass is 565 g/mol. The zero-order valence-electron chi connectivity index (χ0n) is 21.9. The van der Waals surface area contributed by atoms with Gasteiger partial charge in [-0.25, -0.2) is 9.55 Å². The Labute approximate surface area is 224 Å². The summed E-state index contributed by atoms with van der Waals surface area (Å²) in [5.74, 6) is -0.302. The highest BCUT2D eigenvalue weighted by molar-refractivity contribution is 7.52. The van der Waals surface area contributed by atoms with E-state index in [0.29, 0.717) is 12.1 Å². The van der Waals surface area contributed by atoms with Crippen LogP contribution in [-0.4, -0.2) is 74.7 Å². The van der Waals surface area contributed by atoms with E-state index in [9.17, 15) is 14.5 Å². The van der Waals surface area contributed by atoms with Crippen molar-refractivity contribution in [2.45, 2.75) is 50.8 Å². The van der Waals surface area contributed by atoms with Gasteiger partial charge in [0, 0.05) is 0 Å². The lowest BCUT2D eigenvalue weighted by molar-refractivity contribution is -0.142. The average molecular weight is 566 g/mol. The highest BCUT2D eigenvalue weighted by atomic mass is 31.2. The molecule has 0 saturated carbocycles. The van der Waals surface area contributed by atoms with Crippen molar-refractivity contribution < 1.29 is 37.7 Å². The smallest absolute Gasteiger partial charge is 0.459 e. The Morgan fingerprint density at radius 2 is 2.05 bits per heavy atom. The Morgan fingerprint density at radius 3 is 2.72 bits per heavy atom. The summed E-state index contributed by atoms with van der Waals surface area (Å²) in [6.07, 6.45) is -1.90. The van der Waals surface area contributed by atoms with E-state index >= 15 is 0 Å². The molecule has 4 rings (SSSR count). The van der Waals surface area contributed by atoms with Crippen LogP contribution in [0.5, 0.6) is 11.6 Å². The number of para-hydroxylation sites is 1. The molecule has 1 saturated heterocycles. The number of nitrogen functional groups attached to an aromatic ring is 1. The number of fused-ring (bicyclic) bond motifs is 1. The quantitative estimate of drug-likeness (QED) is 0.190. The molecule has 2 unspecified atom stereocenters. The summed E-state index contributed by atoms with van der Waals surface area (Å²) in [5.41, 5.74) is 11.6. The third kappa shape index (κ3) is 5.98. The van der Waals surface area contributed by atoms with Crippen molar-refractivity contribution in [2.75, 3.05) is 26.1 Å². The number of nitrogens with one attached hydrogen (secondary N) is 1. The molecule has 0 spiro atoms. The number of ether oxygens (including phenoxy) is 3. The molecule has 0 radical (unpaired) electrons. The molecule has 0 bridgehead atoms. The van der Waals surface area contributed by atoms with Gasteiger partial charge in [0.1, 0.15) is 24.0 Å². The molecule has 0 aliphatic carbocycles. The third-order valence-electron chi connectivity index (χ3n) is 6.05. The van der Waals surface area contributed by atoms with Crippen LogP contribution in [0.3, 0.4) is 0 Å². The number of hydrogen-bond acceptors (Lipinski definition) is 13. The van der Waals surface area contributed by atoms with Crippen LogP contribution in [0.4, 0.5) is 5.95 Å². The number of aliphatic hydroxyl groups excluding tert-OH is 1. The Morgan fingerprint density at radius 1 is 1.33 bits per heavy atom. The first-order valence-electron chi connectivity index (χ1n) is 12.1. The molecular weight excluding hydrogens is 533 g/mol. The van der Waals surface area contributed by atoms with Crippen LogP contribution < -0.4 is 25.8 Å². The first-order valence-corrected chi connectivity index (χ1v) is 13.6. The predicted molar refractivity (Wildman–Crippen MR) is 139 cm³/mol. The van der Waals surface area contributed by atoms with Crippen molar-refractivity contribution >= 4 is 30.8 Å². The highest BCUT2D eigenvalue weighted by Crippen LogP contribution is 2.47. The number of carbonyl (C=O) groups is 1. The number of hydrogen-bond donors (Lipinski definition) is 4. The van der Waals surface area contributed by atoms with E-state index in [0.717, 1.165) is 0 Å². The largest absolute Gasteiger partial charge is 0.476 e. The van der Waals surface area contributed by atoms with E-state index in [1.807, 2.05) is 0 Å². The number of aromatic nitrogens is 4. The van der Waals surface area contributed by atoms with E-state index in [2.05, 4.69) is 20.0 Å². The summed E-state index contributed by atoms with van der Waals surface area (Å²) in [6, 6.07) is 7.23. The van der Waals surface area contributed by atoms with Crippen molar-refractivity contribution in [1.82, 2.24) is 24.6 Å². The van der Waals surface area contributed by atoms with Crippen molar-refractivity contribution in [3.05, 3.63) is 36.7 Å². The molecule has 212 valence electrons. The molecule has 6 N–H and O–H groups in total. The van der Waals surface area contributed by atoms with Crippen molar-refractivity contribution in [3.63, 3.8) is 0 Å². The summed E-state index contributed by atoms with van der Waals surface area (Å²) < 4.78 is 42.7. The Balaban J connectivity index is 1.58. The zero-order chi connectivity index (χ0) is 28.4. The van der Waals surface area contributed by atoms with E-state index < -0.39 is 50.3 Å². The van der Waals surface area contributed by atoms with Gasteiger partial charge in [-0.2, -0.15) is 15.1 Å². The number of aliphatic hydroxyl groups is 1. The lowest BCUT2D eigenvalue weighted by atomic mass is 9.93. The summed E-state index contributed by atoms with van der Waals surface area (Å²) in [6.45, 7) is 4.74. The molecule has 1 aromatic carbocycles. The van der Waals surface area contributed by atoms with Gasteiger partial charge < -0.3 is 35.3 Å². The number of methoxy groups -OCH3 is 1. The third-order valence-corrected chi connectivity index (χ3v) is 7.69. The number of imidazole rings is 1. The van der Waals surface area contributed by atoms with Crippen LogP contribution >= 0.6 is 7.75 Å². The van der Waals surface area contributed by atoms with Crippen molar-refractivity contribution in [2.24, 2.45) is 5.73 Å². The summed E-state index contributed by atoms with van der Waals surface area (Å²) in [5, 5.41) is 13.6. The van der Waals surface area contributed by atoms with Crippen LogP contribution in [0, 0.1) is 0 Å². The van der Waals surface area contributed by atoms with Gasteiger partial charge in [0.05, 0.1) is 32.2 Å². The Hall–Kier alpha value is -3.33. The lowest BCUT2D eigenvalue weighted by Gasteiger charge is -2.28. The fourth-order valence-electron chi connectivity index (χ4n) is 4.09. The normalized spacial score (nSPS) is 25.2. The van der Waals surface area contributed by atoms with Gasteiger partial charge in [-0.1, -0.05) is 18.2 Å². The fraction of sp³-hybridized carbons (Fsp3) is 0.478. The second kappa shape index (κ2) is 11.4. The van der Waals surface area contributed by atoms with E-state index in [1.165, 1.54) is 24.9 Å². The van der Waals surface area contributed by atoms with Gasteiger partial charge in [0.2, 0.25) is 11.8 Å². The number of esters is 1. The molecule has 1 aliphatic rings. The van der Waals surface area contributed by atoms with Crippen molar-refractivity contribution in [1.29, 1.82) is 0 Å². The minimum Gasteiger partial charge on any atom is -0.476 e. The highest BCUT2D eigenvalue weighted by Gasteiger charge is 2.53. The molecule has 2 aromatic heterocycles. The second-order valence-corrected chi connectivity index (χ2v) is 10.7. The molecule has 0 amide bonds. The fourth-order valence-corrected chi connectivity index (χ4v) is 5.60. The van der Waals surface area contributed by atoms with E-state index in [-0.39, 0.29) is 23.2 Å². The average Bonchev–Trinajstić information content (AvgIpc) is 3.40. The van der Waals surface area contributed by atoms with Gasteiger partial charge in [-0.15, -0.1) is 0 Å². The summed E-state index contributed by atoms with van der Waals surface area (Å²) in [7, 11) is -2.98. The van der Waals surface area contributed by atoms with E-state index in [4.69, 9.17) is 34.7 Å². The van der Waals surface area contributed by atoms with Gasteiger partial charge in [-0.05, 0) is 32.9 Å². The summed E-state index contributed by atoms with van der Waals surface area (Å²) in [4.78, 5) is 24.6. The molecule has 3 aromatic rings. The van der Waals surface area contributed by atoms with Gasteiger partial charge >= 0.3 is 13.7 Å². The van der Waals surface area contributed by atoms with Crippen LogP contribution in [0.15, 0.2) is 36.7 Å². The lowest BCUT2D eigenvalue weighted by Crippen LogP contribution is -2.52. The van der Waals surface area contributed by atoms with Gasteiger partial charge in [0.25, 0.3) is 0 Å². The SMILES string of the molecule is CCOc1nc(N)nc2c1ncn2[C@@H]1O[C@H](COP(=O)(N[C@@H](C)C(=O)OC)Oc2ccccc2)C(O)[C@@]1(C)N. The molecule has 6 atom stereocenters. The molecule has 15 nitrogen and oxygen atoms in total. The first kappa shape index (κ1) is 28.7. The number of carbonyl (C=O) groups excluding carboxylic acids is 1. The molecule has 1 fully saturated rings. The van der Waals surface area contributed by atoms with Crippen LogP contribution in [-0.2, 0) is 23.4 Å². The summed E-state index contributed by atoms with van der Waals surface area (Å²) >= 11 is 0. The topological polar surface area (TPSA) is 208 Å². The Kier molecular flexibility index (Phi) is 8.39. The van der Waals surface area contributed by atoms with Gasteiger partial charge in [-0.3, -0.25) is 13.9 Å². The molecule has 3 heterocycles. The number of benzene rings is 1. The standard InChI is InChI=1S/C23H32N7O8P/c1-5-35-19-16-18(27-22(24)28-19)30(12-26-16)21-23(3,25)17(31)15(37-21)11-36-39(33,29-13(2)20(32)34-4)38-14-9-7-6-8-10-14/h6-10,12-13,15,17,21,31H,5,11,25H2,1-4H3,(H,29,33)(H2,24,27,28)/t13-,15+,17?,21+,23+,39?/m0/s1. The van der Waals surface area contributed by atoms with Gasteiger partial charge in [0.15, 0.2) is 17.4 Å². The molecule has 16 heteroatoms. The van der Waals surface area contributed by atoms with Crippen LogP contribution in [0.1, 0.15) is 27.0 Å². The number of rotatable bonds is 11. The van der Waals surface area contributed by atoms with E-state index in [1.54, 1.807) is 44.2 Å². The first-order chi connectivity index (χ1) is 18.5. The second-order valence-electron chi connectivity index (χ2n) is 9.05. The van der Waals surface area contributed by atoms with Crippen molar-refractivity contribution in [3.8, 4) is 11.6 Å². The molecular formula is C23H32N7O8P. The maximum Gasteiger partial charge on any atom is 0.459 e. The Bertz CT molecular complexity index is 1350. The number of nitrogens with two attached hydrogens (primary N) is 2. The zero-order valence-corrected chi connectivity index (χ0v) is 22.8. The number of nitrogens with zero attached hydrogens (tertiary/aromatic N) is 4. The maximum absolute atomic E-state index is 13.7. The molecule has 39 heavy (non-hydrogen) atoms. The van der Waals surface area contributed by atoms with Crippen LogP contribution in [0.2, 0.25) is 0 Å². The number of anilines is 1. The molecule has 1 aliphatic heterocycles. The predicted octanol–water partition coefficient (Wildman–Crippen LogP) is 1.14. The maximum atomic E-state index is 13.7. The minimum absolute atomic E-state index is 0.0466. The van der Waals surface area contributed by atoms with Crippen LogP contribution in [0.25, 0.3) is 11.2 Å².